The molecule has 0 saturated carbocycles. The maximum Gasteiger partial charge on any atom is 0.0541 e. The van der Waals surface area contributed by atoms with Crippen LogP contribution in [0.3, 0.4) is 0 Å². The van der Waals surface area contributed by atoms with E-state index in [2.05, 4.69) is 12.3 Å². The highest BCUT2D eigenvalue weighted by Crippen LogP contribution is 2.27. The Bertz CT molecular complexity index is 294. The van der Waals surface area contributed by atoms with Crippen molar-refractivity contribution in [2.45, 2.75) is 30.7 Å². The first-order chi connectivity index (χ1) is 7.27. The van der Waals surface area contributed by atoms with E-state index < -0.39 is 0 Å². The summed E-state index contributed by atoms with van der Waals surface area (Å²) in [6.07, 6.45) is 2.23. The van der Waals surface area contributed by atoms with Crippen molar-refractivity contribution >= 4 is 23.4 Å². The lowest BCUT2D eigenvalue weighted by Crippen LogP contribution is -2.36. The molecule has 4 heteroatoms. The van der Waals surface area contributed by atoms with Crippen molar-refractivity contribution in [2.75, 3.05) is 5.75 Å². The molecule has 1 atom stereocenters. The fourth-order valence-electron chi connectivity index (χ4n) is 1.32. The van der Waals surface area contributed by atoms with Crippen LogP contribution < -0.4 is 11.3 Å². The fourth-order valence-corrected chi connectivity index (χ4v) is 2.64. The molecule has 0 bridgehead atoms. The predicted molar refractivity (Wildman–Crippen MR) is 68.2 cm³/mol. The van der Waals surface area contributed by atoms with Gasteiger partial charge in [-0.2, -0.15) is 0 Å². The third-order valence-corrected chi connectivity index (χ3v) is 3.83. The van der Waals surface area contributed by atoms with Gasteiger partial charge >= 0.3 is 0 Å². The average molecular weight is 245 g/mol. The van der Waals surface area contributed by atoms with Crippen molar-refractivity contribution in [3.8, 4) is 0 Å². The topological polar surface area (TPSA) is 38.0 Å². The highest BCUT2D eigenvalue weighted by Gasteiger charge is 2.07. The Morgan fingerprint density at radius 1 is 1.47 bits per heavy atom. The molecule has 2 nitrogen and oxygen atoms in total. The molecule has 1 aromatic carbocycles. The number of hydrogen-bond donors (Lipinski definition) is 2. The summed E-state index contributed by atoms with van der Waals surface area (Å²) in [5, 5.41) is 0.815. The molecule has 0 aliphatic rings. The van der Waals surface area contributed by atoms with E-state index >= 15 is 0 Å². The molecule has 0 aliphatic carbocycles. The summed E-state index contributed by atoms with van der Waals surface area (Å²) < 4.78 is 0. The molecule has 1 rings (SSSR count). The van der Waals surface area contributed by atoms with Crippen LogP contribution in [0.15, 0.2) is 29.2 Å². The van der Waals surface area contributed by atoms with Gasteiger partial charge in [0, 0.05) is 16.7 Å². The number of halogens is 1. The summed E-state index contributed by atoms with van der Waals surface area (Å²) in [6.45, 7) is 2.16. The third kappa shape index (κ3) is 4.43. The van der Waals surface area contributed by atoms with Gasteiger partial charge in [-0.1, -0.05) is 37.1 Å². The van der Waals surface area contributed by atoms with Crippen LogP contribution >= 0.6 is 23.4 Å². The number of nitrogens with two attached hydrogens (primary N) is 1. The van der Waals surface area contributed by atoms with Gasteiger partial charge < -0.3 is 0 Å². The van der Waals surface area contributed by atoms with Crippen LogP contribution in [0.2, 0.25) is 5.02 Å². The Hall–Kier alpha value is -0.220. The first-order valence-electron chi connectivity index (χ1n) is 5.11. The molecule has 15 heavy (non-hydrogen) atoms. The smallest absolute Gasteiger partial charge is 0.0541 e. The van der Waals surface area contributed by atoms with E-state index in [1.54, 1.807) is 11.8 Å². The van der Waals surface area contributed by atoms with Crippen molar-refractivity contribution in [3.05, 3.63) is 29.3 Å². The summed E-state index contributed by atoms with van der Waals surface area (Å²) in [5.41, 5.74) is 2.83. The van der Waals surface area contributed by atoms with Crippen molar-refractivity contribution in [1.29, 1.82) is 0 Å². The van der Waals surface area contributed by atoms with Gasteiger partial charge in [0.2, 0.25) is 0 Å². The largest absolute Gasteiger partial charge is 0.271 e. The lowest BCUT2D eigenvalue weighted by molar-refractivity contribution is 0.532. The molecule has 3 N–H and O–H groups in total. The predicted octanol–water partition coefficient (Wildman–Crippen LogP) is 3.06. The fraction of sp³-hybridized carbons (Fsp3) is 0.455. The first kappa shape index (κ1) is 12.8. The molecule has 0 aromatic heterocycles. The van der Waals surface area contributed by atoms with E-state index in [0.717, 1.165) is 28.5 Å². The standard InChI is InChI=1S/C11H17ClN2S/c1-2-5-9(14-13)8-15-11-7-4-3-6-10(11)12/h3-4,6-7,9,14H,2,5,8,13H2,1H3. The van der Waals surface area contributed by atoms with Gasteiger partial charge in [0.25, 0.3) is 0 Å². The molecule has 1 aromatic rings. The van der Waals surface area contributed by atoms with Crippen LogP contribution in [0.1, 0.15) is 19.8 Å². The number of rotatable bonds is 6. The Balaban J connectivity index is 2.45. The molecule has 0 heterocycles. The van der Waals surface area contributed by atoms with Gasteiger partial charge in [-0.25, -0.2) is 0 Å². The first-order valence-corrected chi connectivity index (χ1v) is 6.47. The molecular formula is C11H17ClN2S. The molecule has 0 spiro atoms. The Morgan fingerprint density at radius 2 is 2.20 bits per heavy atom. The van der Waals surface area contributed by atoms with Crippen molar-refractivity contribution < 1.29 is 0 Å². The quantitative estimate of drug-likeness (QED) is 0.459. The maximum atomic E-state index is 6.06. The number of thioether (sulfide) groups is 1. The van der Waals surface area contributed by atoms with Gasteiger partial charge in [0.15, 0.2) is 0 Å². The van der Waals surface area contributed by atoms with E-state index in [-0.39, 0.29) is 0 Å². The zero-order valence-electron chi connectivity index (χ0n) is 8.87. The monoisotopic (exact) mass is 244 g/mol. The summed E-state index contributed by atoms with van der Waals surface area (Å²) in [7, 11) is 0. The normalized spacial score (nSPS) is 12.7. The van der Waals surface area contributed by atoms with Gasteiger partial charge in [-0.05, 0) is 18.6 Å². The van der Waals surface area contributed by atoms with E-state index in [9.17, 15) is 0 Å². The number of benzene rings is 1. The second kappa shape index (κ2) is 7.12. The molecule has 0 fully saturated rings. The summed E-state index contributed by atoms with van der Waals surface area (Å²) >= 11 is 7.80. The van der Waals surface area contributed by atoms with Crippen LogP contribution in [0.4, 0.5) is 0 Å². The number of hydrogen-bond acceptors (Lipinski definition) is 3. The summed E-state index contributed by atoms with van der Waals surface area (Å²) in [5.74, 6) is 6.42. The van der Waals surface area contributed by atoms with Crippen LogP contribution in [-0.4, -0.2) is 11.8 Å². The van der Waals surface area contributed by atoms with Crippen LogP contribution in [0, 0.1) is 0 Å². The van der Waals surface area contributed by atoms with Crippen LogP contribution in [0.25, 0.3) is 0 Å². The second-order valence-electron chi connectivity index (χ2n) is 3.39. The highest BCUT2D eigenvalue weighted by molar-refractivity contribution is 7.99. The molecule has 84 valence electrons. The SMILES string of the molecule is CCCC(CSc1ccccc1Cl)NN. The Labute approximate surface area is 101 Å². The maximum absolute atomic E-state index is 6.06. The minimum absolute atomic E-state index is 0.358. The third-order valence-electron chi connectivity index (χ3n) is 2.15. The molecule has 1 unspecified atom stereocenters. The molecule has 0 saturated heterocycles. The van der Waals surface area contributed by atoms with Gasteiger partial charge in [0.05, 0.1) is 5.02 Å². The zero-order chi connectivity index (χ0) is 11.1. The zero-order valence-corrected chi connectivity index (χ0v) is 10.4. The van der Waals surface area contributed by atoms with Crippen molar-refractivity contribution in [2.24, 2.45) is 5.84 Å². The molecule has 0 aliphatic heterocycles. The highest BCUT2D eigenvalue weighted by atomic mass is 35.5. The van der Waals surface area contributed by atoms with E-state index in [1.807, 2.05) is 24.3 Å². The van der Waals surface area contributed by atoms with E-state index in [4.69, 9.17) is 17.4 Å². The van der Waals surface area contributed by atoms with E-state index in [1.165, 1.54) is 0 Å². The molecule has 0 radical (unpaired) electrons. The number of nitrogens with one attached hydrogen (secondary N) is 1. The average Bonchev–Trinajstić information content (AvgIpc) is 2.26. The van der Waals surface area contributed by atoms with Crippen molar-refractivity contribution in [3.63, 3.8) is 0 Å². The molecular weight excluding hydrogens is 228 g/mol. The van der Waals surface area contributed by atoms with Gasteiger partial charge in [-0.15, -0.1) is 11.8 Å². The minimum Gasteiger partial charge on any atom is -0.271 e. The summed E-state index contributed by atoms with van der Waals surface area (Å²) in [4.78, 5) is 1.12. The Kier molecular flexibility index (Phi) is 6.10. The molecule has 0 amide bonds. The second-order valence-corrected chi connectivity index (χ2v) is 4.86. The number of hydrazine groups is 1. The van der Waals surface area contributed by atoms with Gasteiger partial charge in [-0.3, -0.25) is 11.3 Å². The van der Waals surface area contributed by atoms with Crippen molar-refractivity contribution in [1.82, 2.24) is 5.43 Å². The van der Waals surface area contributed by atoms with Crippen LogP contribution in [0.5, 0.6) is 0 Å². The Morgan fingerprint density at radius 3 is 2.80 bits per heavy atom. The summed E-state index contributed by atoms with van der Waals surface area (Å²) in [6, 6.07) is 8.24. The lowest BCUT2D eigenvalue weighted by Gasteiger charge is -2.14. The van der Waals surface area contributed by atoms with E-state index in [0.29, 0.717) is 6.04 Å². The lowest BCUT2D eigenvalue weighted by atomic mass is 10.2. The van der Waals surface area contributed by atoms with Crippen LogP contribution in [-0.2, 0) is 0 Å². The minimum atomic E-state index is 0.358. The van der Waals surface area contributed by atoms with Gasteiger partial charge in [0.1, 0.15) is 0 Å².